The predicted octanol–water partition coefficient (Wildman–Crippen LogP) is 2.85. The molecule has 0 aromatic carbocycles. The van der Waals surface area contributed by atoms with E-state index in [2.05, 4.69) is 19.2 Å². The SMILES string of the molecule is CCCNCC(C)(CCOCCCOC)C1CC1. The average Bonchev–Trinajstić information content (AvgIpc) is 3.18. The Morgan fingerprint density at radius 3 is 2.61 bits per heavy atom. The minimum atomic E-state index is 0.441. The Morgan fingerprint density at radius 2 is 2.00 bits per heavy atom. The smallest absolute Gasteiger partial charge is 0.0487 e. The summed E-state index contributed by atoms with van der Waals surface area (Å²) >= 11 is 0. The summed E-state index contributed by atoms with van der Waals surface area (Å²) in [4.78, 5) is 0. The number of hydrogen-bond acceptors (Lipinski definition) is 3. The Morgan fingerprint density at radius 1 is 1.22 bits per heavy atom. The topological polar surface area (TPSA) is 30.5 Å². The third-order valence-corrected chi connectivity index (χ3v) is 3.97. The van der Waals surface area contributed by atoms with Gasteiger partial charge in [-0.25, -0.2) is 0 Å². The fourth-order valence-corrected chi connectivity index (χ4v) is 2.48. The molecule has 0 aromatic rings. The lowest BCUT2D eigenvalue weighted by Gasteiger charge is -2.30. The van der Waals surface area contributed by atoms with Crippen molar-refractivity contribution in [1.29, 1.82) is 0 Å². The van der Waals surface area contributed by atoms with Crippen molar-refractivity contribution in [3.63, 3.8) is 0 Å². The van der Waals surface area contributed by atoms with Crippen LogP contribution < -0.4 is 5.32 Å². The van der Waals surface area contributed by atoms with Gasteiger partial charge in [-0.3, -0.25) is 0 Å². The summed E-state index contributed by atoms with van der Waals surface area (Å²) in [5.74, 6) is 0.921. The molecule has 1 unspecified atom stereocenters. The van der Waals surface area contributed by atoms with Crippen LogP contribution in [0.3, 0.4) is 0 Å². The van der Waals surface area contributed by atoms with Crippen molar-refractivity contribution >= 4 is 0 Å². The van der Waals surface area contributed by atoms with E-state index in [-0.39, 0.29) is 0 Å². The van der Waals surface area contributed by atoms with E-state index in [4.69, 9.17) is 9.47 Å². The Labute approximate surface area is 113 Å². The second-order valence-corrected chi connectivity index (χ2v) is 5.81. The fourth-order valence-electron chi connectivity index (χ4n) is 2.48. The molecule has 108 valence electrons. The molecule has 0 spiro atoms. The first-order valence-corrected chi connectivity index (χ1v) is 7.50. The molecule has 1 rings (SSSR count). The molecule has 0 aliphatic heterocycles. The van der Waals surface area contributed by atoms with Crippen molar-refractivity contribution < 1.29 is 9.47 Å². The number of ether oxygens (including phenoxy) is 2. The maximum absolute atomic E-state index is 5.71. The normalized spacial score (nSPS) is 18.8. The van der Waals surface area contributed by atoms with Crippen LogP contribution in [0.4, 0.5) is 0 Å². The summed E-state index contributed by atoms with van der Waals surface area (Å²) in [6.07, 6.45) is 6.22. The lowest BCUT2D eigenvalue weighted by atomic mass is 9.81. The van der Waals surface area contributed by atoms with E-state index in [1.165, 1.54) is 25.7 Å². The molecule has 0 bridgehead atoms. The van der Waals surface area contributed by atoms with Gasteiger partial charge < -0.3 is 14.8 Å². The lowest BCUT2D eigenvalue weighted by Crippen LogP contribution is -2.35. The zero-order valence-electron chi connectivity index (χ0n) is 12.5. The van der Waals surface area contributed by atoms with Crippen LogP contribution in [0, 0.1) is 11.3 Å². The van der Waals surface area contributed by atoms with Gasteiger partial charge in [-0.05, 0) is 50.0 Å². The second-order valence-electron chi connectivity index (χ2n) is 5.81. The van der Waals surface area contributed by atoms with Crippen molar-refractivity contribution in [3.05, 3.63) is 0 Å². The first-order chi connectivity index (χ1) is 8.73. The molecule has 1 saturated carbocycles. The molecular formula is C15H31NO2. The van der Waals surface area contributed by atoms with Gasteiger partial charge in [0.1, 0.15) is 0 Å². The Bertz CT molecular complexity index is 207. The van der Waals surface area contributed by atoms with Gasteiger partial charge in [-0.2, -0.15) is 0 Å². The highest BCUT2D eigenvalue weighted by Gasteiger charge is 2.40. The fraction of sp³-hybridized carbons (Fsp3) is 1.00. The molecule has 0 heterocycles. The molecule has 18 heavy (non-hydrogen) atoms. The van der Waals surface area contributed by atoms with Gasteiger partial charge in [-0.15, -0.1) is 0 Å². The molecule has 1 N–H and O–H groups in total. The van der Waals surface area contributed by atoms with Gasteiger partial charge in [-0.1, -0.05) is 13.8 Å². The van der Waals surface area contributed by atoms with Gasteiger partial charge in [0.25, 0.3) is 0 Å². The van der Waals surface area contributed by atoms with Crippen molar-refractivity contribution in [2.24, 2.45) is 11.3 Å². The minimum Gasteiger partial charge on any atom is -0.385 e. The number of methoxy groups -OCH3 is 1. The quantitative estimate of drug-likeness (QED) is 0.545. The summed E-state index contributed by atoms with van der Waals surface area (Å²) < 4.78 is 10.7. The highest BCUT2D eigenvalue weighted by Crippen LogP contribution is 2.47. The van der Waals surface area contributed by atoms with Crippen molar-refractivity contribution in [2.75, 3.05) is 40.0 Å². The van der Waals surface area contributed by atoms with Crippen LogP contribution >= 0.6 is 0 Å². The molecule has 0 aromatic heterocycles. The zero-order chi connectivity index (χ0) is 13.3. The molecule has 1 aliphatic carbocycles. The van der Waals surface area contributed by atoms with E-state index in [1.54, 1.807) is 7.11 Å². The second kappa shape index (κ2) is 8.89. The van der Waals surface area contributed by atoms with Gasteiger partial charge in [0, 0.05) is 33.5 Å². The monoisotopic (exact) mass is 257 g/mol. The van der Waals surface area contributed by atoms with Gasteiger partial charge >= 0.3 is 0 Å². The highest BCUT2D eigenvalue weighted by atomic mass is 16.5. The van der Waals surface area contributed by atoms with Crippen LogP contribution in [0.2, 0.25) is 0 Å². The van der Waals surface area contributed by atoms with Gasteiger partial charge in [0.15, 0.2) is 0 Å². The predicted molar refractivity (Wildman–Crippen MR) is 75.9 cm³/mol. The van der Waals surface area contributed by atoms with Crippen LogP contribution in [0.5, 0.6) is 0 Å². The molecule has 0 amide bonds. The molecular weight excluding hydrogens is 226 g/mol. The molecule has 0 radical (unpaired) electrons. The standard InChI is InChI=1S/C15H31NO2/c1-4-9-16-13-15(2,14-6-7-14)8-12-18-11-5-10-17-3/h14,16H,4-13H2,1-3H3. The van der Waals surface area contributed by atoms with E-state index in [9.17, 15) is 0 Å². The zero-order valence-corrected chi connectivity index (χ0v) is 12.5. The van der Waals surface area contributed by atoms with E-state index in [1.807, 2.05) is 0 Å². The molecule has 3 nitrogen and oxygen atoms in total. The highest BCUT2D eigenvalue weighted by molar-refractivity contribution is 4.92. The summed E-state index contributed by atoms with van der Waals surface area (Å²) in [6, 6.07) is 0. The van der Waals surface area contributed by atoms with Crippen molar-refractivity contribution in [3.8, 4) is 0 Å². The summed E-state index contributed by atoms with van der Waals surface area (Å²) in [6.45, 7) is 9.45. The van der Waals surface area contributed by atoms with E-state index < -0.39 is 0 Å². The molecule has 3 heteroatoms. The third-order valence-electron chi connectivity index (χ3n) is 3.97. The third kappa shape index (κ3) is 6.17. The Kier molecular flexibility index (Phi) is 7.87. The maximum Gasteiger partial charge on any atom is 0.0487 e. The number of nitrogens with one attached hydrogen (secondary N) is 1. The average molecular weight is 257 g/mol. The van der Waals surface area contributed by atoms with E-state index in [0.717, 1.165) is 45.2 Å². The van der Waals surface area contributed by atoms with Crippen molar-refractivity contribution in [2.45, 2.75) is 46.0 Å². The van der Waals surface area contributed by atoms with E-state index in [0.29, 0.717) is 5.41 Å². The van der Waals surface area contributed by atoms with E-state index >= 15 is 0 Å². The summed E-state index contributed by atoms with van der Waals surface area (Å²) in [5.41, 5.74) is 0.441. The lowest BCUT2D eigenvalue weighted by molar-refractivity contribution is 0.0736. The molecule has 0 saturated heterocycles. The van der Waals surface area contributed by atoms with Crippen LogP contribution in [-0.4, -0.2) is 40.0 Å². The maximum atomic E-state index is 5.71. The van der Waals surface area contributed by atoms with Gasteiger partial charge in [0.2, 0.25) is 0 Å². The van der Waals surface area contributed by atoms with Gasteiger partial charge in [0.05, 0.1) is 0 Å². The first-order valence-electron chi connectivity index (χ1n) is 7.50. The van der Waals surface area contributed by atoms with Crippen LogP contribution in [0.1, 0.15) is 46.0 Å². The molecule has 1 atom stereocenters. The molecule has 1 fully saturated rings. The number of hydrogen-bond donors (Lipinski definition) is 1. The van der Waals surface area contributed by atoms with Crippen LogP contribution in [0.25, 0.3) is 0 Å². The largest absolute Gasteiger partial charge is 0.385 e. The van der Waals surface area contributed by atoms with Crippen molar-refractivity contribution in [1.82, 2.24) is 5.32 Å². The number of rotatable bonds is 12. The van der Waals surface area contributed by atoms with Crippen LogP contribution in [0.15, 0.2) is 0 Å². The Hall–Kier alpha value is -0.120. The molecule has 1 aliphatic rings. The minimum absolute atomic E-state index is 0.441. The summed E-state index contributed by atoms with van der Waals surface area (Å²) in [5, 5.41) is 3.58. The Balaban J connectivity index is 2.12. The summed E-state index contributed by atoms with van der Waals surface area (Å²) in [7, 11) is 1.74. The first kappa shape index (κ1) is 15.9. The van der Waals surface area contributed by atoms with Crippen LogP contribution in [-0.2, 0) is 9.47 Å².